The van der Waals surface area contributed by atoms with Crippen LogP contribution < -0.4 is 0 Å². The summed E-state index contributed by atoms with van der Waals surface area (Å²) in [5.41, 5.74) is -0.381. The summed E-state index contributed by atoms with van der Waals surface area (Å²) in [7, 11) is 1.10. The Balaban J connectivity index is 3.23. The molecule has 0 unspecified atom stereocenters. The maximum Gasteiger partial charge on any atom is 0.340 e. The van der Waals surface area contributed by atoms with Crippen LogP contribution in [-0.4, -0.2) is 13.1 Å². The molecular weight excluding hydrogens is 202 g/mol. The van der Waals surface area contributed by atoms with Crippen molar-refractivity contribution < 1.29 is 18.3 Å². The number of carbonyl (C=O) groups excluding carboxylic acids is 1. The Morgan fingerprint density at radius 2 is 2.00 bits per heavy atom. The van der Waals surface area contributed by atoms with Gasteiger partial charge in [0.15, 0.2) is 0 Å². The first kappa shape index (κ1) is 9.92. The lowest BCUT2D eigenvalue weighted by molar-refractivity contribution is 0.0595. The minimum atomic E-state index is -0.992. The van der Waals surface area contributed by atoms with Crippen molar-refractivity contribution in [2.75, 3.05) is 7.11 Å². The fourth-order valence-corrected chi connectivity index (χ4v) is 0.953. The minimum absolute atomic E-state index is 0.318. The van der Waals surface area contributed by atoms with Crippen molar-refractivity contribution in [3.63, 3.8) is 0 Å². The summed E-state index contributed by atoms with van der Waals surface area (Å²) in [4.78, 5) is 10.9. The predicted octanol–water partition coefficient (Wildman–Crippen LogP) is 2.40. The summed E-state index contributed by atoms with van der Waals surface area (Å²) < 4.78 is 29.7. The molecule has 0 fully saturated rings. The molecule has 2 nitrogen and oxygen atoms in total. The molecule has 1 rings (SSSR count). The monoisotopic (exact) mass is 206 g/mol. The summed E-state index contributed by atoms with van der Waals surface area (Å²) >= 11 is 5.34. The van der Waals surface area contributed by atoms with Crippen molar-refractivity contribution in [1.29, 1.82) is 0 Å². The molecule has 1 aromatic rings. The van der Waals surface area contributed by atoms with E-state index < -0.39 is 17.6 Å². The van der Waals surface area contributed by atoms with E-state index in [0.29, 0.717) is 6.07 Å². The van der Waals surface area contributed by atoms with Crippen molar-refractivity contribution in [3.05, 3.63) is 34.4 Å². The Morgan fingerprint density at radius 1 is 1.38 bits per heavy atom. The summed E-state index contributed by atoms with van der Waals surface area (Å²) in [5, 5.41) is -0.318. The molecule has 0 aliphatic carbocycles. The molecule has 0 saturated carbocycles. The number of esters is 1. The third-order valence-corrected chi connectivity index (χ3v) is 1.70. The molecule has 70 valence electrons. The molecule has 1 aromatic carbocycles. The van der Waals surface area contributed by atoms with E-state index in [0.717, 1.165) is 13.2 Å². The van der Waals surface area contributed by atoms with Crippen LogP contribution >= 0.6 is 11.6 Å². The van der Waals surface area contributed by atoms with Gasteiger partial charge in [0.2, 0.25) is 0 Å². The highest BCUT2D eigenvalue weighted by molar-refractivity contribution is 6.31. The molecule has 0 radical (unpaired) electrons. The topological polar surface area (TPSA) is 26.3 Å². The van der Waals surface area contributed by atoms with Crippen LogP contribution in [0.3, 0.4) is 0 Å². The summed E-state index contributed by atoms with van der Waals surface area (Å²) in [6, 6.07) is 1.42. The average molecular weight is 207 g/mol. The highest BCUT2D eigenvalue weighted by atomic mass is 35.5. The molecule has 0 aliphatic rings. The zero-order valence-corrected chi connectivity index (χ0v) is 7.36. The first-order valence-electron chi connectivity index (χ1n) is 3.29. The SMILES string of the molecule is COC(=O)c1cc(Cl)c(F)cc1F. The van der Waals surface area contributed by atoms with E-state index in [1.165, 1.54) is 0 Å². The molecule has 0 spiro atoms. The van der Waals surface area contributed by atoms with Gasteiger partial charge in [0.05, 0.1) is 17.7 Å². The molecule has 0 bridgehead atoms. The molecule has 0 amide bonds. The third kappa shape index (κ3) is 1.95. The second-order valence-electron chi connectivity index (χ2n) is 2.24. The first-order valence-corrected chi connectivity index (χ1v) is 3.67. The van der Waals surface area contributed by atoms with Crippen LogP contribution in [0.5, 0.6) is 0 Å². The number of carbonyl (C=O) groups is 1. The second-order valence-corrected chi connectivity index (χ2v) is 2.64. The lowest BCUT2D eigenvalue weighted by atomic mass is 10.2. The highest BCUT2D eigenvalue weighted by Gasteiger charge is 2.15. The van der Waals surface area contributed by atoms with Gasteiger partial charge in [0.25, 0.3) is 0 Å². The number of ether oxygens (including phenoxy) is 1. The largest absolute Gasteiger partial charge is 0.465 e. The van der Waals surface area contributed by atoms with E-state index in [1.54, 1.807) is 0 Å². The van der Waals surface area contributed by atoms with Gasteiger partial charge in [-0.3, -0.25) is 0 Å². The van der Waals surface area contributed by atoms with Gasteiger partial charge in [-0.05, 0) is 6.07 Å². The Kier molecular flexibility index (Phi) is 2.83. The smallest absolute Gasteiger partial charge is 0.340 e. The van der Waals surface area contributed by atoms with Gasteiger partial charge in [-0.25, -0.2) is 13.6 Å². The summed E-state index contributed by atoms with van der Waals surface area (Å²) in [6.45, 7) is 0. The van der Waals surface area contributed by atoms with Crippen LogP contribution in [-0.2, 0) is 4.74 Å². The summed E-state index contributed by atoms with van der Waals surface area (Å²) in [5.74, 6) is -2.79. The molecule has 0 atom stereocenters. The Morgan fingerprint density at radius 3 is 2.54 bits per heavy atom. The zero-order chi connectivity index (χ0) is 10.0. The van der Waals surface area contributed by atoms with E-state index in [1.807, 2.05) is 0 Å². The zero-order valence-electron chi connectivity index (χ0n) is 6.61. The average Bonchev–Trinajstić information content (AvgIpc) is 2.10. The van der Waals surface area contributed by atoms with Crippen LogP contribution in [0.1, 0.15) is 10.4 Å². The van der Waals surface area contributed by atoms with Crippen LogP contribution in [0.25, 0.3) is 0 Å². The van der Waals surface area contributed by atoms with E-state index in [4.69, 9.17) is 11.6 Å². The van der Waals surface area contributed by atoms with Crippen molar-refractivity contribution in [3.8, 4) is 0 Å². The Hall–Kier alpha value is -1.16. The Labute approximate surface area is 78.1 Å². The van der Waals surface area contributed by atoms with E-state index in [-0.39, 0.29) is 10.6 Å². The lowest BCUT2D eigenvalue weighted by Crippen LogP contribution is -2.04. The van der Waals surface area contributed by atoms with Gasteiger partial charge in [0.1, 0.15) is 11.6 Å². The molecular formula is C8H5ClF2O2. The van der Waals surface area contributed by atoms with Crippen molar-refractivity contribution in [1.82, 2.24) is 0 Å². The number of methoxy groups -OCH3 is 1. The molecule has 0 aromatic heterocycles. The number of rotatable bonds is 1. The van der Waals surface area contributed by atoms with Crippen molar-refractivity contribution in [2.24, 2.45) is 0 Å². The van der Waals surface area contributed by atoms with Crippen LogP contribution in [0, 0.1) is 11.6 Å². The number of hydrogen-bond acceptors (Lipinski definition) is 2. The van der Waals surface area contributed by atoms with Crippen LogP contribution in [0.4, 0.5) is 8.78 Å². The first-order chi connectivity index (χ1) is 6.06. The molecule has 0 N–H and O–H groups in total. The normalized spacial score (nSPS) is 9.85. The Bertz CT molecular complexity index is 352. The maximum atomic E-state index is 12.9. The van der Waals surface area contributed by atoms with Gasteiger partial charge in [0, 0.05) is 6.07 Å². The second kappa shape index (κ2) is 3.70. The molecule has 13 heavy (non-hydrogen) atoms. The molecule has 0 heterocycles. The van der Waals surface area contributed by atoms with Crippen LogP contribution in [0.15, 0.2) is 12.1 Å². The van der Waals surface area contributed by atoms with E-state index in [9.17, 15) is 13.6 Å². The van der Waals surface area contributed by atoms with Crippen molar-refractivity contribution in [2.45, 2.75) is 0 Å². The molecule has 0 aliphatic heterocycles. The lowest BCUT2D eigenvalue weighted by Gasteiger charge is -2.01. The van der Waals surface area contributed by atoms with E-state index in [2.05, 4.69) is 4.74 Å². The number of benzene rings is 1. The van der Waals surface area contributed by atoms with Gasteiger partial charge in [-0.15, -0.1) is 0 Å². The quantitative estimate of drug-likeness (QED) is 0.521. The highest BCUT2D eigenvalue weighted by Crippen LogP contribution is 2.19. The van der Waals surface area contributed by atoms with Crippen molar-refractivity contribution >= 4 is 17.6 Å². The van der Waals surface area contributed by atoms with Gasteiger partial charge in [-0.2, -0.15) is 0 Å². The number of halogens is 3. The fraction of sp³-hybridized carbons (Fsp3) is 0.125. The minimum Gasteiger partial charge on any atom is -0.465 e. The third-order valence-electron chi connectivity index (χ3n) is 1.42. The van der Waals surface area contributed by atoms with Gasteiger partial charge < -0.3 is 4.74 Å². The van der Waals surface area contributed by atoms with Gasteiger partial charge >= 0.3 is 5.97 Å². The standard InChI is InChI=1S/C8H5ClF2O2/c1-13-8(12)4-2-5(9)7(11)3-6(4)10/h2-3H,1H3. The van der Waals surface area contributed by atoms with Gasteiger partial charge in [-0.1, -0.05) is 11.6 Å². The van der Waals surface area contributed by atoms with Crippen LogP contribution in [0.2, 0.25) is 5.02 Å². The predicted molar refractivity (Wildman–Crippen MR) is 42.7 cm³/mol. The van der Waals surface area contributed by atoms with E-state index >= 15 is 0 Å². The molecule has 0 saturated heterocycles. The molecule has 5 heteroatoms. The summed E-state index contributed by atoms with van der Waals surface area (Å²) in [6.07, 6.45) is 0. The maximum absolute atomic E-state index is 12.9. The fourth-order valence-electron chi connectivity index (χ4n) is 0.789. The number of hydrogen-bond donors (Lipinski definition) is 0.